The largest absolute Gasteiger partial charge is 0.480 e. The molecule has 1 N–H and O–H groups in total. The number of urea groups is 1. The lowest BCUT2D eigenvalue weighted by atomic mass is 10.0. The summed E-state index contributed by atoms with van der Waals surface area (Å²) in [5.74, 6) is -0.187. The molecule has 1 heterocycles. The molecule has 0 aromatic carbocycles. The van der Waals surface area contributed by atoms with Crippen molar-refractivity contribution < 1.29 is 14.7 Å². The fourth-order valence-corrected chi connectivity index (χ4v) is 2.93. The molecular weight excluding hydrogens is 244 g/mol. The van der Waals surface area contributed by atoms with Crippen molar-refractivity contribution in [2.45, 2.75) is 57.0 Å². The quantitative estimate of drug-likeness (QED) is 0.845. The van der Waals surface area contributed by atoms with Gasteiger partial charge in [0.05, 0.1) is 0 Å². The zero-order chi connectivity index (χ0) is 13.4. The number of carbonyl (C=O) groups excluding carboxylic acids is 1. The van der Waals surface area contributed by atoms with Gasteiger partial charge in [-0.1, -0.05) is 0 Å². The summed E-state index contributed by atoms with van der Waals surface area (Å²) in [5.41, 5.74) is 0. The third-order valence-corrected chi connectivity index (χ3v) is 4.42. The van der Waals surface area contributed by atoms with Crippen molar-refractivity contribution in [3.63, 3.8) is 0 Å². The highest BCUT2D eigenvalue weighted by Crippen LogP contribution is 2.36. The van der Waals surface area contributed by atoms with E-state index in [4.69, 9.17) is 0 Å². The first-order valence-corrected chi connectivity index (χ1v) is 7.47. The van der Waals surface area contributed by atoms with Crippen LogP contribution < -0.4 is 0 Å². The third-order valence-electron chi connectivity index (χ3n) is 4.42. The van der Waals surface area contributed by atoms with E-state index in [1.807, 2.05) is 4.90 Å². The fourth-order valence-electron chi connectivity index (χ4n) is 2.93. The number of carboxylic acid groups (broad SMARTS) is 1. The van der Waals surface area contributed by atoms with Gasteiger partial charge in [0.2, 0.25) is 0 Å². The van der Waals surface area contributed by atoms with Crippen LogP contribution in [0.2, 0.25) is 0 Å². The van der Waals surface area contributed by atoms with Crippen LogP contribution in [0.4, 0.5) is 4.79 Å². The number of piperidine rings is 1. The zero-order valence-electron chi connectivity index (χ0n) is 11.3. The van der Waals surface area contributed by atoms with Crippen LogP contribution in [0.1, 0.15) is 44.9 Å². The van der Waals surface area contributed by atoms with Gasteiger partial charge in [-0.05, 0) is 50.9 Å². The second kappa shape index (κ2) is 5.02. The van der Waals surface area contributed by atoms with E-state index in [1.165, 1.54) is 12.8 Å². The fraction of sp³-hybridized carbons (Fsp3) is 0.857. The number of amides is 2. The van der Waals surface area contributed by atoms with E-state index in [9.17, 15) is 14.7 Å². The summed E-state index contributed by atoms with van der Waals surface area (Å²) in [6.07, 6.45) is 7.05. The lowest BCUT2D eigenvalue weighted by Crippen LogP contribution is -2.54. The second-order valence-corrected chi connectivity index (χ2v) is 6.15. The van der Waals surface area contributed by atoms with Gasteiger partial charge in [-0.2, -0.15) is 0 Å². The first kappa shape index (κ1) is 12.8. The van der Waals surface area contributed by atoms with Crippen LogP contribution in [-0.4, -0.2) is 52.1 Å². The Labute approximate surface area is 113 Å². The average Bonchev–Trinajstić information content (AvgIpc) is 3.27. The van der Waals surface area contributed by atoms with Crippen molar-refractivity contribution in [3.8, 4) is 0 Å². The molecular formula is C14H22N2O3. The highest BCUT2D eigenvalue weighted by Gasteiger charge is 2.41. The van der Waals surface area contributed by atoms with Gasteiger partial charge in [-0.25, -0.2) is 9.59 Å². The van der Waals surface area contributed by atoms with Crippen molar-refractivity contribution in [3.05, 3.63) is 0 Å². The van der Waals surface area contributed by atoms with Crippen LogP contribution in [0.15, 0.2) is 0 Å². The van der Waals surface area contributed by atoms with E-state index in [1.54, 1.807) is 4.90 Å². The molecule has 5 heteroatoms. The van der Waals surface area contributed by atoms with Crippen molar-refractivity contribution in [1.82, 2.24) is 9.80 Å². The standard InChI is InChI=1S/C14H22N2O3/c17-13(18)12-3-1-2-8-15(12)14(19)16(11-6-7-11)9-10-4-5-10/h10-12H,1-9H2,(H,17,18). The summed E-state index contributed by atoms with van der Waals surface area (Å²) in [6.45, 7) is 1.44. The molecule has 5 nitrogen and oxygen atoms in total. The van der Waals surface area contributed by atoms with Gasteiger partial charge in [0, 0.05) is 19.1 Å². The summed E-state index contributed by atoms with van der Waals surface area (Å²) in [5, 5.41) is 9.28. The molecule has 1 saturated heterocycles. The molecule has 1 aliphatic heterocycles. The van der Waals surface area contributed by atoms with Crippen molar-refractivity contribution in [1.29, 1.82) is 0 Å². The molecule has 106 valence electrons. The number of nitrogens with zero attached hydrogens (tertiary/aromatic N) is 2. The van der Waals surface area contributed by atoms with Gasteiger partial charge in [0.25, 0.3) is 0 Å². The molecule has 1 atom stereocenters. The number of rotatable bonds is 4. The van der Waals surface area contributed by atoms with E-state index >= 15 is 0 Å². The summed E-state index contributed by atoms with van der Waals surface area (Å²) in [7, 11) is 0. The molecule has 0 radical (unpaired) electrons. The predicted octanol–water partition coefficient (Wildman–Crippen LogP) is 1.92. The molecule has 3 rings (SSSR count). The highest BCUT2D eigenvalue weighted by molar-refractivity contribution is 5.83. The minimum absolute atomic E-state index is 0.0264. The van der Waals surface area contributed by atoms with Crippen LogP contribution in [0.25, 0.3) is 0 Å². The molecule has 0 aromatic rings. The van der Waals surface area contributed by atoms with Crippen LogP contribution in [0.5, 0.6) is 0 Å². The van der Waals surface area contributed by atoms with Crippen LogP contribution >= 0.6 is 0 Å². The molecule has 2 amide bonds. The molecule has 0 aromatic heterocycles. The lowest BCUT2D eigenvalue weighted by molar-refractivity contribution is -0.143. The predicted molar refractivity (Wildman–Crippen MR) is 69.8 cm³/mol. The Balaban J connectivity index is 1.69. The summed E-state index contributed by atoms with van der Waals surface area (Å²) in [4.78, 5) is 27.5. The Morgan fingerprint density at radius 3 is 2.42 bits per heavy atom. The van der Waals surface area contributed by atoms with Gasteiger partial charge in [0.15, 0.2) is 0 Å². The van der Waals surface area contributed by atoms with Crippen molar-refractivity contribution in [2.24, 2.45) is 5.92 Å². The monoisotopic (exact) mass is 266 g/mol. The molecule has 0 bridgehead atoms. The molecule has 3 aliphatic rings. The normalized spacial score (nSPS) is 27.2. The number of likely N-dealkylation sites (tertiary alicyclic amines) is 1. The number of hydrogen-bond donors (Lipinski definition) is 1. The summed E-state index contributed by atoms with van der Waals surface area (Å²) >= 11 is 0. The summed E-state index contributed by atoms with van der Waals surface area (Å²) in [6, 6.07) is -0.257. The third kappa shape index (κ3) is 2.85. The minimum Gasteiger partial charge on any atom is -0.480 e. The topological polar surface area (TPSA) is 60.9 Å². The maximum absolute atomic E-state index is 12.6. The highest BCUT2D eigenvalue weighted by atomic mass is 16.4. The van der Waals surface area contributed by atoms with Gasteiger partial charge in [0.1, 0.15) is 6.04 Å². The van der Waals surface area contributed by atoms with Gasteiger partial charge in [-0.3, -0.25) is 0 Å². The van der Waals surface area contributed by atoms with Crippen LogP contribution in [-0.2, 0) is 4.79 Å². The van der Waals surface area contributed by atoms with Crippen molar-refractivity contribution >= 4 is 12.0 Å². The van der Waals surface area contributed by atoms with E-state index < -0.39 is 12.0 Å². The number of carbonyl (C=O) groups is 2. The maximum Gasteiger partial charge on any atom is 0.326 e. The Morgan fingerprint density at radius 1 is 1.11 bits per heavy atom. The number of carboxylic acids is 1. The molecule has 1 unspecified atom stereocenters. The minimum atomic E-state index is -0.852. The second-order valence-electron chi connectivity index (χ2n) is 6.15. The van der Waals surface area contributed by atoms with E-state index in [0.717, 1.165) is 32.2 Å². The molecule has 3 fully saturated rings. The summed E-state index contributed by atoms with van der Waals surface area (Å²) < 4.78 is 0. The van der Waals surface area contributed by atoms with Crippen molar-refractivity contribution in [2.75, 3.05) is 13.1 Å². The van der Waals surface area contributed by atoms with Gasteiger partial charge >= 0.3 is 12.0 Å². The Bertz CT molecular complexity index is 377. The molecule has 2 aliphatic carbocycles. The SMILES string of the molecule is O=C(O)C1CCCCN1C(=O)N(CC1CC1)C1CC1. The van der Waals surface area contributed by atoms with E-state index in [0.29, 0.717) is 24.9 Å². The van der Waals surface area contributed by atoms with Crippen LogP contribution in [0, 0.1) is 5.92 Å². The number of aliphatic carboxylic acids is 1. The lowest BCUT2D eigenvalue weighted by Gasteiger charge is -2.37. The Morgan fingerprint density at radius 2 is 1.84 bits per heavy atom. The van der Waals surface area contributed by atoms with Gasteiger partial charge < -0.3 is 14.9 Å². The zero-order valence-corrected chi connectivity index (χ0v) is 11.3. The Kier molecular flexibility index (Phi) is 3.37. The van der Waals surface area contributed by atoms with E-state index in [-0.39, 0.29) is 6.03 Å². The van der Waals surface area contributed by atoms with E-state index in [2.05, 4.69) is 0 Å². The smallest absolute Gasteiger partial charge is 0.326 e. The molecule has 0 spiro atoms. The molecule has 2 saturated carbocycles. The first-order chi connectivity index (χ1) is 9.16. The first-order valence-electron chi connectivity index (χ1n) is 7.47. The average molecular weight is 266 g/mol. The maximum atomic E-state index is 12.6. The van der Waals surface area contributed by atoms with Gasteiger partial charge in [-0.15, -0.1) is 0 Å². The number of hydrogen-bond acceptors (Lipinski definition) is 2. The Hall–Kier alpha value is -1.26. The molecule has 19 heavy (non-hydrogen) atoms. The van der Waals surface area contributed by atoms with Crippen LogP contribution in [0.3, 0.4) is 0 Å².